The molecule has 0 spiro atoms. The molecule has 0 aliphatic rings. The average Bonchev–Trinajstić information content (AvgIpc) is 2.42. The smallest absolute Gasteiger partial charge is 0.276 e. The molecule has 0 aromatic heterocycles. The molecule has 21 heavy (non-hydrogen) atoms. The Balaban J connectivity index is 2.53. The van der Waals surface area contributed by atoms with E-state index < -0.39 is 10.7 Å². The third-order valence-electron chi connectivity index (χ3n) is 2.89. The highest BCUT2D eigenvalue weighted by Crippen LogP contribution is 2.40. The number of rotatable bonds is 4. The van der Waals surface area contributed by atoms with E-state index in [4.69, 9.17) is 10.5 Å². The molecule has 2 aromatic rings. The Labute approximate surface area is 125 Å². The first-order chi connectivity index (χ1) is 9.93. The van der Waals surface area contributed by atoms with E-state index in [-0.39, 0.29) is 11.4 Å². The Kier molecular flexibility index (Phi) is 4.32. The van der Waals surface area contributed by atoms with Crippen molar-refractivity contribution in [2.75, 3.05) is 12.0 Å². The van der Waals surface area contributed by atoms with Crippen molar-refractivity contribution in [2.45, 2.75) is 11.8 Å². The van der Waals surface area contributed by atoms with Crippen LogP contribution in [0.1, 0.15) is 5.56 Å². The van der Waals surface area contributed by atoms with Crippen molar-refractivity contribution < 1.29 is 14.1 Å². The molecular weight excluding hydrogens is 295 g/mol. The van der Waals surface area contributed by atoms with Gasteiger partial charge in [0.2, 0.25) is 0 Å². The van der Waals surface area contributed by atoms with Gasteiger partial charge in [0.1, 0.15) is 5.75 Å². The van der Waals surface area contributed by atoms with Crippen molar-refractivity contribution in [3.8, 4) is 11.5 Å². The molecule has 0 bridgehead atoms. The molecule has 2 aromatic carbocycles. The molecule has 0 unspecified atom stereocenters. The van der Waals surface area contributed by atoms with E-state index >= 15 is 0 Å². The lowest BCUT2D eigenvalue weighted by molar-refractivity contribution is -0.385. The second-order valence-electron chi connectivity index (χ2n) is 4.30. The summed E-state index contributed by atoms with van der Waals surface area (Å²) in [5, 5.41) is 10.9. The Bertz CT molecular complexity index is 707. The first kappa shape index (κ1) is 15.1. The maximum atomic E-state index is 14.2. The molecule has 7 heteroatoms. The topological polar surface area (TPSA) is 78.4 Å². The van der Waals surface area contributed by atoms with Crippen molar-refractivity contribution >= 4 is 23.1 Å². The second kappa shape index (κ2) is 6.01. The molecule has 2 rings (SSSR count). The summed E-state index contributed by atoms with van der Waals surface area (Å²) >= 11 is 1.19. The van der Waals surface area contributed by atoms with Crippen molar-refractivity contribution in [2.24, 2.45) is 0 Å². The Morgan fingerprint density at radius 1 is 1.38 bits per heavy atom. The molecule has 0 saturated heterocycles. The molecule has 5 nitrogen and oxygen atoms in total. The zero-order valence-corrected chi connectivity index (χ0v) is 12.2. The Morgan fingerprint density at radius 2 is 2.10 bits per heavy atom. The summed E-state index contributed by atoms with van der Waals surface area (Å²) in [6.45, 7) is 1.57. The summed E-state index contributed by atoms with van der Waals surface area (Å²) in [6.07, 6.45) is 1.71. The van der Waals surface area contributed by atoms with E-state index in [1.54, 1.807) is 37.4 Å². The maximum absolute atomic E-state index is 14.2. The van der Waals surface area contributed by atoms with Gasteiger partial charge < -0.3 is 10.5 Å². The molecule has 0 atom stereocenters. The normalized spacial score (nSPS) is 10.4. The van der Waals surface area contributed by atoms with Crippen molar-refractivity contribution in [1.29, 1.82) is 0 Å². The van der Waals surface area contributed by atoms with Gasteiger partial charge in [-0.3, -0.25) is 10.1 Å². The second-order valence-corrected chi connectivity index (χ2v) is 5.11. The lowest BCUT2D eigenvalue weighted by atomic mass is 10.2. The summed E-state index contributed by atoms with van der Waals surface area (Å²) in [6, 6.07) is 7.42. The molecule has 0 aliphatic carbocycles. The van der Waals surface area contributed by atoms with Crippen molar-refractivity contribution in [3.05, 3.63) is 51.8 Å². The molecule has 0 saturated carbocycles. The summed E-state index contributed by atoms with van der Waals surface area (Å²) in [5.74, 6) is -0.437. The number of ether oxygens (including phenoxy) is 1. The number of hydrogen-bond acceptors (Lipinski definition) is 5. The van der Waals surface area contributed by atoms with E-state index in [0.717, 1.165) is 6.07 Å². The minimum absolute atomic E-state index is 0.0313. The summed E-state index contributed by atoms with van der Waals surface area (Å²) < 4.78 is 19.7. The monoisotopic (exact) mass is 308 g/mol. The van der Waals surface area contributed by atoms with E-state index in [1.165, 1.54) is 11.8 Å². The zero-order chi connectivity index (χ0) is 15.6. The maximum Gasteiger partial charge on any atom is 0.276 e. The van der Waals surface area contributed by atoms with Crippen molar-refractivity contribution in [3.63, 3.8) is 0 Å². The molecule has 0 fully saturated rings. The predicted octanol–water partition coefficient (Wildman–Crippen LogP) is 4.14. The van der Waals surface area contributed by atoms with Gasteiger partial charge in [-0.2, -0.15) is 0 Å². The summed E-state index contributed by atoms with van der Waals surface area (Å²) in [5.41, 5.74) is 6.23. The van der Waals surface area contributed by atoms with Gasteiger partial charge in [0, 0.05) is 17.3 Å². The van der Waals surface area contributed by atoms with Gasteiger partial charge in [0.25, 0.3) is 5.69 Å². The van der Waals surface area contributed by atoms with Crippen LogP contribution in [0.15, 0.2) is 35.2 Å². The minimum Gasteiger partial charge on any atom is -0.453 e. The van der Waals surface area contributed by atoms with Gasteiger partial charge in [-0.1, -0.05) is 6.07 Å². The average molecular weight is 308 g/mol. The molecule has 2 N–H and O–H groups in total. The highest BCUT2D eigenvalue weighted by Gasteiger charge is 2.23. The van der Waals surface area contributed by atoms with Crippen LogP contribution in [-0.4, -0.2) is 11.2 Å². The Morgan fingerprint density at radius 3 is 2.67 bits per heavy atom. The zero-order valence-electron chi connectivity index (χ0n) is 11.4. The molecule has 0 heterocycles. The van der Waals surface area contributed by atoms with E-state index in [9.17, 15) is 14.5 Å². The van der Waals surface area contributed by atoms with Gasteiger partial charge in [0.05, 0.1) is 15.9 Å². The fourth-order valence-corrected chi connectivity index (χ4v) is 2.65. The first-order valence-corrected chi connectivity index (χ1v) is 7.21. The molecule has 0 radical (unpaired) electrons. The fourth-order valence-electron chi connectivity index (χ4n) is 1.92. The third-order valence-corrected chi connectivity index (χ3v) is 3.79. The minimum atomic E-state index is -0.779. The van der Waals surface area contributed by atoms with Crippen LogP contribution in [0.3, 0.4) is 0 Å². The number of nitrogens with zero attached hydrogens (tertiary/aromatic N) is 1. The number of nitro benzene ring substituents is 1. The van der Waals surface area contributed by atoms with Gasteiger partial charge in [-0.25, -0.2) is 4.39 Å². The Hall–Kier alpha value is -2.28. The predicted molar refractivity (Wildman–Crippen MR) is 80.5 cm³/mol. The number of hydrogen-bond donors (Lipinski definition) is 1. The number of nitro groups is 1. The van der Waals surface area contributed by atoms with Gasteiger partial charge >= 0.3 is 0 Å². The number of nitrogens with two attached hydrogens (primary N) is 1. The fraction of sp³-hybridized carbons (Fsp3) is 0.143. The van der Waals surface area contributed by atoms with Crippen LogP contribution >= 0.6 is 11.8 Å². The summed E-state index contributed by atoms with van der Waals surface area (Å²) in [7, 11) is 0. The van der Waals surface area contributed by atoms with E-state index in [2.05, 4.69) is 0 Å². The quantitative estimate of drug-likeness (QED) is 0.397. The largest absolute Gasteiger partial charge is 0.453 e. The van der Waals surface area contributed by atoms with E-state index in [1.807, 2.05) is 0 Å². The number of thioether (sulfide) groups is 1. The number of anilines is 1. The standard InChI is InChI=1S/C14H13FN2O3S/c1-8-12(17(18)19)7-11(15)13(14(8)21-2)20-10-5-3-4-9(16)6-10/h3-7H,16H2,1-2H3. The number of halogens is 1. The molecule has 110 valence electrons. The highest BCUT2D eigenvalue weighted by molar-refractivity contribution is 7.98. The van der Waals surface area contributed by atoms with Crippen LogP contribution in [0.5, 0.6) is 11.5 Å². The molecular formula is C14H13FN2O3S. The van der Waals surface area contributed by atoms with Crippen LogP contribution in [0.4, 0.5) is 15.8 Å². The SMILES string of the molecule is CSc1c(C)c([N+](=O)[O-])cc(F)c1Oc1cccc(N)c1. The van der Waals surface area contributed by atoms with E-state index in [0.29, 0.717) is 21.9 Å². The van der Waals surface area contributed by atoms with Crippen LogP contribution < -0.4 is 10.5 Å². The van der Waals surface area contributed by atoms with Crippen LogP contribution in [0.2, 0.25) is 0 Å². The van der Waals surface area contributed by atoms with Crippen LogP contribution in [0.25, 0.3) is 0 Å². The molecule has 0 amide bonds. The highest BCUT2D eigenvalue weighted by atomic mass is 32.2. The van der Waals surface area contributed by atoms with Crippen LogP contribution in [-0.2, 0) is 0 Å². The lowest BCUT2D eigenvalue weighted by Crippen LogP contribution is -1.99. The third kappa shape index (κ3) is 3.08. The number of benzene rings is 2. The van der Waals surface area contributed by atoms with Gasteiger partial charge in [-0.15, -0.1) is 11.8 Å². The van der Waals surface area contributed by atoms with Gasteiger partial charge in [-0.05, 0) is 25.3 Å². The lowest BCUT2D eigenvalue weighted by Gasteiger charge is -2.13. The van der Waals surface area contributed by atoms with Crippen molar-refractivity contribution in [1.82, 2.24) is 0 Å². The van der Waals surface area contributed by atoms with Gasteiger partial charge in [0.15, 0.2) is 11.6 Å². The molecule has 0 aliphatic heterocycles. The summed E-state index contributed by atoms with van der Waals surface area (Å²) in [4.78, 5) is 10.7. The number of nitrogen functional groups attached to an aromatic ring is 1. The first-order valence-electron chi connectivity index (χ1n) is 5.99. The van der Waals surface area contributed by atoms with Crippen LogP contribution in [0, 0.1) is 22.9 Å².